The number of aromatic nitrogens is 2. The van der Waals surface area contributed by atoms with Gasteiger partial charge in [0.05, 0.1) is 6.54 Å². The van der Waals surface area contributed by atoms with Crippen LogP contribution in [0.1, 0.15) is 56.7 Å². The van der Waals surface area contributed by atoms with Crippen LogP contribution in [0.15, 0.2) is 53.1 Å². The van der Waals surface area contributed by atoms with Crippen molar-refractivity contribution in [2.24, 2.45) is 5.92 Å². The van der Waals surface area contributed by atoms with E-state index in [1.54, 1.807) is 0 Å². The molecule has 0 saturated carbocycles. The van der Waals surface area contributed by atoms with Crippen LogP contribution in [0.4, 0.5) is 4.39 Å². The maximum Gasteiger partial charge on any atom is 0.240 e. The second kappa shape index (κ2) is 8.44. The molecule has 0 bridgehead atoms. The number of halogens is 1. The summed E-state index contributed by atoms with van der Waals surface area (Å²) in [5.41, 5.74) is 3.26. The van der Waals surface area contributed by atoms with Crippen molar-refractivity contribution in [1.29, 1.82) is 0 Å². The van der Waals surface area contributed by atoms with Crippen LogP contribution < -0.4 is 5.32 Å². The van der Waals surface area contributed by atoms with Crippen molar-refractivity contribution in [3.05, 3.63) is 71.4 Å². The fraction of sp³-hybridized carbons (Fsp3) is 0.364. The number of rotatable bonds is 7. The van der Waals surface area contributed by atoms with Crippen molar-refractivity contribution < 1.29 is 8.91 Å². The van der Waals surface area contributed by atoms with Gasteiger partial charge >= 0.3 is 0 Å². The minimum Gasteiger partial charge on any atom is -0.338 e. The van der Waals surface area contributed by atoms with E-state index in [0.29, 0.717) is 30.1 Å². The van der Waals surface area contributed by atoms with E-state index in [0.717, 1.165) is 11.1 Å². The van der Waals surface area contributed by atoms with Gasteiger partial charge in [-0.15, -0.1) is 0 Å². The van der Waals surface area contributed by atoms with Gasteiger partial charge in [-0.3, -0.25) is 0 Å². The van der Waals surface area contributed by atoms with Crippen LogP contribution in [0.2, 0.25) is 0 Å². The predicted molar refractivity (Wildman–Crippen MR) is 105 cm³/mol. The van der Waals surface area contributed by atoms with Crippen molar-refractivity contribution >= 4 is 0 Å². The molecule has 1 heterocycles. The van der Waals surface area contributed by atoms with Gasteiger partial charge in [0.2, 0.25) is 11.7 Å². The van der Waals surface area contributed by atoms with Crippen LogP contribution >= 0.6 is 0 Å². The van der Waals surface area contributed by atoms with Gasteiger partial charge < -0.3 is 9.84 Å². The third kappa shape index (κ3) is 4.80. The molecule has 1 unspecified atom stereocenters. The molecule has 0 radical (unpaired) electrons. The Morgan fingerprint density at radius 2 is 1.56 bits per heavy atom. The van der Waals surface area contributed by atoms with Gasteiger partial charge in [-0.25, -0.2) is 4.39 Å². The molecule has 5 heteroatoms. The average molecular weight is 367 g/mol. The van der Waals surface area contributed by atoms with Gasteiger partial charge in [-0.2, -0.15) is 4.98 Å². The smallest absolute Gasteiger partial charge is 0.240 e. The topological polar surface area (TPSA) is 51.0 Å². The highest BCUT2D eigenvalue weighted by Gasteiger charge is 2.17. The summed E-state index contributed by atoms with van der Waals surface area (Å²) in [4.78, 5) is 4.49. The molecule has 1 N–H and O–H groups in total. The van der Waals surface area contributed by atoms with Gasteiger partial charge in [0.25, 0.3) is 0 Å². The molecule has 2 aromatic carbocycles. The van der Waals surface area contributed by atoms with Gasteiger partial charge in [-0.1, -0.05) is 69.2 Å². The molecule has 0 aliphatic rings. The molecule has 3 rings (SSSR count). The summed E-state index contributed by atoms with van der Waals surface area (Å²) < 4.78 is 18.6. The Hall–Kier alpha value is -2.53. The van der Waals surface area contributed by atoms with E-state index >= 15 is 0 Å². The van der Waals surface area contributed by atoms with Gasteiger partial charge in [0, 0.05) is 11.6 Å². The summed E-state index contributed by atoms with van der Waals surface area (Å²) in [5, 5.41) is 7.53. The van der Waals surface area contributed by atoms with E-state index in [9.17, 15) is 4.39 Å². The molecule has 27 heavy (non-hydrogen) atoms. The zero-order chi connectivity index (χ0) is 19.4. The minimum absolute atomic E-state index is 0.0753. The first-order valence-electron chi connectivity index (χ1n) is 9.36. The summed E-state index contributed by atoms with van der Waals surface area (Å²) in [7, 11) is 0. The number of hydrogen-bond acceptors (Lipinski definition) is 4. The fourth-order valence-corrected chi connectivity index (χ4v) is 3.07. The maximum absolute atomic E-state index is 13.2. The summed E-state index contributed by atoms with van der Waals surface area (Å²) in [6.45, 7) is 9.03. The van der Waals surface area contributed by atoms with Crippen LogP contribution in [0.25, 0.3) is 11.4 Å². The lowest BCUT2D eigenvalue weighted by Gasteiger charge is -2.22. The molecular weight excluding hydrogens is 341 g/mol. The number of nitrogens with zero attached hydrogens (tertiary/aromatic N) is 2. The molecule has 0 spiro atoms. The standard InChI is InChI=1S/C22H26FN3O/c1-14(2)16-5-7-18(8-6-16)22-25-20(27-26-22)13-24-21(15(3)4)17-9-11-19(23)12-10-17/h5-12,14-15,21,24H,13H2,1-4H3. The van der Waals surface area contributed by atoms with Crippen LogP contribution in [0, 0.1) is 11.7 Å². The summed E-state index contributed by atoms with van der Waals surface area (Å²) in [6.07, 6.45) is 0. The second-order valence-electron chi connectivity index (χ2n) is 7.44. The van der Waals surface area contributed by atoms with Crippen LogP contribution in [-0.2, 0) is 6.54 Å². The Morgan fingerprint density at radius 3 is 2.15 bits per heavy atom. The Labute approximate surface area is 159 Å². The Morgan fingerprint density at radius 1 is 0.926 bits per heavy atom. The largest absolute Gasteiger partial charge is 0.338 e. The van der Waals surface area contributed by atoms with E-state index in [1.165, 1.54) is 17.7 Å². The molecule has 4 nitrogen and oxygen atoms in total. The maximum atomic E-state index is 13.2. The van der Waals surface area contributed by atoms with Crippen LogP contribution in [0.3, 0.4) is 0 Å². The molecule has 0 aliphatic carbocycles. The molecule has 1 aromatic heterocycles. The average Bonchev–Trinajstić information content (AvgIpc) is 3.12. The van der Waals surface area contributed by atoms with E-state index in [4.69, 9.17) is 4.52 Å². The zero-order valence-corrected chi connectivity index (χ0v) is 16.2. The number of nitrogens with one attached hydrogen (secondary N) is 1. The highest BCUT2D eigenvalue weighted by Crippen LogP contribution is 2.23. The molecular formula is C22H26FN3O. The molecule has 142 valence electrons. The van der Waals surface area contributed by atoms with E-state index < -0.39 is 0 Å². The quantitative estimate of drug-likeness (QED) is 0.600. The van der Waals surface area contributed by atoms with Gasteiger partial charge in [-0.05, 0) is 35.1 Å². The van der Waals surface area contributed by atoms with Crippen LogP contribution in [0.5, 0.6) is 0 Å². The van der Waals surface area contributed by atoms with Crippen LogP contribution in [-0.4, -0.2) is 10.1 Å². The normalized spacial score (nSPS) is 12.7. The molecule has 0 aliphatic heterocycles. The Balaban J connectivity index is 1.68. The molecule has 0 saturated heterocycles. The first kappa shape index (κ1) is 19.2. The van der Waals surface area contributed by atoms with E-state index in [-0.39, 0.29) is 11.9 Å². The molecule has 3 aromatic rings. The highest BCUT2D eigenvalue weighted by atomic mass is 19.1. The molecule has 0 amide bonds. The Bertz CT molecular complexity index is 854. The zero-order valence-electron chi connectivity index (χ0n) is 16.2. The Kier molecular flexibility index (Phi) is 6.01. The van der Waals surface area contributed by atoms with Crippen molar-refractivity contribution in [1.82, 2.24) is 15.5 Å². The first-order valence-corrected chi connectivity index (χ1v) is 9.36. The molecule has 1 atom stereocenters. The predicted octanol–water partition coefficient (Wildman–Crippen LogP) is 5.49. The molecule has 0 fully saturated rings. The van der Waals surface area contributed by atoms with Gasteiger partial charge in [0.15, 0.2) is 0 Å². The summed E-state index contributed by atoms with van der Waals surface area (Å²) in [6, 6.07) is 14.9. The van der Waals surface area contributed by atoms with E-state index in [2.05, 4.69) is 55.3 Å². The lowest BCUT2D eigenvalue weighted by Crippen LogP contribution is -2.25. The third-order valence-electron chi connectivity index (χ3n) is 4.67. The lowest BCUT2D eigenvalue weighted by atomic mass is 9.96. The van der Waals surface area contributed by atoms with Crippen molar-refractivity contribution in [2.45, 2.75) is 46.2 Å². The summed E-state index contributed by atoms with van der Waals surface area (Å²) >= 11 is 0. The van der Waals surface area contributed by atoms with E-state index in [1.807, 2.05) is 24.3 Å². The first-order chi connectivity index (χ1) is 12.9. The lowest BCUT2D eigenvalue weighted by molar-refractivity contribution is 0.337. The van der Waals surface area contributed by atoms with Crippen molar-refractivity contribution in [3.63, 3.8) is 0 Å². The monoisotopic (exact) mass is 367 g/mol. The number of hydrogen-bond donors (Lipinski definition) is 1. The second-order valence-corrected chi connectivity index (χ2v) is 7.44. The minimum atomic E-state index is -0.230. The SMILES string of the molecule is CC(C)c1ccc(-c2noc(CNC(c3ccc(F)cc3)C(C)C)n2)cc1. The van der Waals surface area contributed by atoms with Gasteiger partial charge in [0.1, 0.15) is 5.82 Å². The number of benzene rings is 2. The summed E-state index contributed by atoms with van der Waals surface area (Å²) in [5.74, 6) is 1.71. The highest BCUT2D eigenvalue weighted by molar-refractivity contribution is 5.54. The van der Waals surface area contributed by atoms with Crippen molar-refractivity contribution in [3.8, 4) is 11.4 Å². The van der Waals surface area contributed by atoms with Crippen molar-refractivity contribution in [2.75, 3.05) is 0 Å². The fourth-order valence-electron chi connectivity index (χ4n) is 3.07. The third-order valence-corrected chi connectivity index (χ3v) is 4.67.